The fraction of sp³-hybridized carbons (Fsp3) is 0.296. The van der Waals surface area contributed by atoms with Crippen molar-refractivity contribution >= 4 is 23.4 Å². The molecule has 1 atom stereocenters. The van der Waals surface area contributed by atoms with E-state index in [-0.39, 0.29) is 17.7 Å². The number of ether oxygens (including phenoxy) is 5. The molecule has 1 aliphatic heterocycles. The summed E-state index contributed by atoms with van der Waals surface area (Å²) in [5.41, 5.74) is 1.74. The van der Waals surface area contributed by atoms with Crippen LogP contribution in [0.1, 0.15) is 31.0 Å². The minimum atomic E-state index is -0.809. The van der Waals surface area contributed by atoms with Gasteiger partial charge < -0.3 is 23.7 Å². The summed E-state index contributed by atoms with van der Waals surface area (Å²) >= 11 is 1.23. The minimum absolute atomic E-state index is 0.184. The fourth-order valence-electron chi connectivity index (χ4n) is 4.21. The Balaban J connectivity index is 1.99. The molecule has 0 aliphatic carbocycles. The molecule has 1 aromatic heterocycles. The number of esters is 1. The predicted molar refractivity (Wildman–Crippen MR) is 139 cm³/mol. The van der Waals surface area contributed by atoms with E-state index in [0.717, 1.165) is 0 Å². The Morgan fingerprint density at radius 3 is 2.27 bits per heavy atom. The minimum Gasteiger partial charge on any atom is -0.497 e. The Kier molecular flexibility index (Phi) is 7.68. The highest BCUT2D eigenvalue weighted by molar-refractivity contribution is 7.07. The van der Waals surface area contributed by atoms with Gasteiger partial charge in [-0.05, 0) is 44.2 Å². The van der Waals surface area contributed by atoms with E-state index in [1.54, 1.807) is 71.6 Å². The van der Waals surface area contributed by atoms with Crippen LogP contribution in [0.3, 0.4) is 0 Å². The predicted octanol–water partition coefficient (Wildman–Crippen LogP) is 2.83. The lowest BCUT2D eigenvalue weighted by Gasteiger charge is -2.26. The van der Waals surface area contributed by atoms with Gasteiger partial charge in [-0.2, -0.15) is 0 Å². The first-order chi connectivity index (χ1) is 17.9. The summed E-state index contributed by atoms with van der Waals surface area (Å²) in [5, 5.41) is 0. The number of carbonyl (C=O) groups excluding carboxylic acids is 1. The molecule has 37 heavy (non-hydrogen) atoms. The molecule has 0 N–H and O–H groups in total. The van der Waals surface area contributed by atoms with Crippen LogP contribution < -0.4 is 33.8 Å². The van der Waals surface area contributed by atoms with Crippen LogP contribution in [0.5, 0.6) is 23.0 Å². The van der Waals surface area contributed by atoms with Crippen LogP contribution >= 0.6 is 11.3 Å². The molecule has 2 heterocycles. The third kappa shape index (κ3) is 4.84. The summed E-state index contributed by atoms with van der Waals surface area (Å²) in [5.74, 6) is 1.70. The molecule has 1 aliphatic rings. The summed E-state index contributed by atoms with van der Waals surface area (Å²) in [6.07, 6.45) is 1.74. The van der Waals surface area contributed by atoms with Crippen molar-refractivity contribution < 1.29 is 28.5 Å². The van der Waals surface area contributed by atoms with Gasteiger partial charge in [-0.15, -0.1) is 0 Å². The number of hydrogen-bond acceptors (Lipinski definition) is 9. The van der Waals surface area contributed by atoms with Crippen molar-refractivity contribution in [3.8, 4) is 23.0 Å². The molecule has 10 heteroatoms. The van der Waals surface area contributed by atoms with Gasteiger partial charge in [-0.1, -0.05) is 11.3 Å². The van der Waals surface area contributed by atoms with Crippen LogP contribution in [0.15, 0.2) is 57.5 Å². The van der Waals surface area contributed by atoms with E-state index in [9.17, 15) is 9.59 Å². The van der Waals surface area contributed by atoms with Gasteiger partial charge in [0.25, 0.3) is 5.56 Å². The largest absolute Gasteiger partial charge is 0.497 e. The van der Waals surface area contributed by atoms with Crippen LogP contribution in [0, 0.1) is 0 Å². The highest BCUT2D eigenvalue weighted by Crippen LogP contribution is 2.37. The van der Waals surface area contributed by atoms with Crippen molar-refractivity contribution in [2.24, 2.45) is 4.99 Å². The monoisotopic (exact) mass is 524 g/mol. The molecule has 194 valence electrons. The van der Waals surface area contributed by atoms with Crippen molar-refractivity contribution in [3.63, 3.8) is 0 Å². The lowest BCUT2D eigenvalue weighted by atomic mass is 9.95. The van der Waals surface area contributed by atoms with Crippen molar-refractivity contribution in [1.29, 1.82) is 0 Å². The maximum absolute atomic E-state index is 13.9. The molecular formula is C27H28N2O7S. The van der Waals surface area contributed by atoms with Crippen LogP contribution in [-0.2, 0) is 9.53 Å². The first-order valence-corrected chi connectivity index (χ1v) is 12.3. The van der Waals surface area contributed by atoms with Crippen molar-refractivity contribution in [2.45, 2.75) is 19.9 Å². The number of allylic oxidation sites excluding steroid dienone is 1. The van der Waals surface area contributed by atoms with Gasteiger partial charge in [0.1, 0.15) is 29.0 Å². The molecule has 3 aromatic rings. The summed E-state index contributed by atoms with van der Waals surface area (Å²) in [7, 11) is 6.21. The zero-order valence-electron chi connectivity index (χ0n) is 21.5. The smallest absolute Gasteiger partial charge is 0.338 e. The van der Waals surface area contributed by atoms with Crippen molar-refractivity contribution in [1.82, 2.24) is 4.57 Å². The first kappa shape index (κ1) is 26.0. The number of nitrogens with zero attached hydrogens (tertiary/aromatic N) is 2. The Hall–Kier alpha value is -4.05. The van der Waals surface area contributed by atoms with Crippen LogP contribution in [0.4, 0.5) is 0 Å². The lowest BCUT2D eigenvalue weighted by molar-refractivity contribution is -0.139. The highest BCUT2D eigenvalue weighted by atomic mass is 32.1. The molecule has 0 fully saturated rings. The van der Waals surface area contributed by atoms with Crippen molar-refractivity contribution in [3.05, 3.63) is 78.5 Å². The molecule has 0 amide bonds. The maximum atomic E-state index is 13.9. The van der Waals surface area contributed by atoms with E-state index in [1.807, 2.05) is 6.07 Å². The fourth-order valence-corrected chi connectivity index (χ4v) is 5.25. The van der Waals surface area contributed by atoms with E-state index in [4.69, 9.17) is 23.7 Å². The van der Waals surface area contributed by atoms with Crippen LogP contribution in [-0.4, -0.2) is 45.6 Å². The molecule has 4 rings (SSSR count). The number of carbonyl (C=O) groups is 1. The van der Waals surface area contributed by atoms with Gasteiger partial charge in [0, 0.05) is 23.3 Å². The number of fused-ring (bicyclic) bond motifs is 1. The van der Waals surface area contributed by atoms with E-state index in [0.29, 0.717) is 49.2 Å². The molecule has 0 spiro atoms. The molecule has 0 saturated heterocycles. The van der Waals surface area contributed by atoms with Gasteiger partial charge in [0.15, 0.2) is 4.80 Å². The summed E-state index contributed by atoms with van der Waals surface area (Å²) in [4.78, 5) is 32.0. The number of benzene rings is 2. The summed E-state index contributed by atoms with van der Waals surface area (Å²) in [6.45, 7) is 3.65. The average Bonchev–Trinajstić information content (AvgIpc) is 3.21. The zero-order valence-corrected chi connectivity index (χ0v) is 22.3. The van der Waals surface area contributed by atoms with Crippen molar-refractivity contribution in [2.75, 3.05) is 35.0 Å². The van der Waals surface area contributed by atoms with Gasteiger partial charge >= 0.3 is 5.97 Å². The standard InChI is InChI=1S/C27H28N2O7S/c1-7-36-26(31)23-15(2)28-27-29(24(23)19-11-10-18(33-4)14-21(19)35-6)25(30)22(37-27)12-16-8-9-17(32-3)13-20(16)34-5/h8-14,24H,7H2,1-6H3/b22-12-/t24-/m1/s1. The normalized spacial score (nSPS) is 15.1. The summed E-state index contributed by atoms with van der Waals surface area (Å²) in [6, 6.07) is 9.80. The van der Waals surface area contributed by atoms with Gasteiger partial charge in [0.2, 0.25) is 0 Å². The lowest BCUT2D eigenvalue weighted by Crippen LogP contribution is -2.40. The second kappa shape index (κ2) is 10.9. The first-order valence-electron chi connectivity index (χ1n) is 11.5. The molecular weight excluding hydrogens is 496 g/mol. The maximum Gasteiger partial charge on any atom is 0.338 e. The van der Waals surface area contributed by atoms with Gasteiger partial charge in [-0.3, -0.25) is 9.36 Å². The quantitative estimate of drug-likeness (QED) is 0.418. The third-order valence-corrected chi connectivity index (χ3v) is 6.96. The van der Waals surface area contributed by atoms with Gasteiger partial charge in [-0.25, -0.2) is 9.79 Å². The highest BCUT2D eigenvalue weighted by Gasteiger charge is 2.35. The van der Waals surface area contributed by atoms with E-state index in [2.05, 4.69) is 4.99 Å². The Morgan fingerprint density at radius 2 is 1.65 bits per heavy atom. The Morgan fingerprint density at radius 1 is 1.00 bits per heavy atom. The van der Waals surface area contributed by atoms with Crippen LogP contribution in [0.2, 0.25) is 0 Å². The van der Waals surface area contributed by atoms with E-state index >= 15 is 0 Å². The number of methoxy groups -OCH3 is 4. The number of hydrogen-bond donors (Lipinski definition) is 0. The number of thiazole rings is 1. The second-order valence-electron chi connectivity index (χ2n) is 8.02. The Bertz CT molecular complexity index is 1550. The molecule has 0 saturated carbocycles. The second-order valence-corrected chi connectivity index (χ2v) is 9.03. The molecule has 0 unspecified atom stereocenters. The molecule has 2 aromatic carbocycles. The van der Waals surface area contributed by atoms with E-state index in [1.165, 1.54) is 23.0 Å². The third-order valence-electron chi connectivity index (χ3n) is 5.98. The topological polar surface area (TPSA) is 97.6 Å². The zero-order chi connectivity index (χ0) is 26.7. The van der Waals surface area contributed by atoms with Gasteiger partial charge in [0.05, 0.1) is 50.8 Å². The van der Waals surface area contributed by atoms with E-state index < -0.39 is 12.0 Å². The average molecular weight is 525 g/mol. The molecule has 9 nitrogen and oxygen atoms in total. The summed E-state index contributed by atoms with van der Waals surface area (Å²) < 4.78 is 29.1. The van der Waals surface area contributed by atoms with Crippen LogP contribution in [0.25, 0.3) is 6.08 Å². The molecule has 0 bridgehead atoms. The number of aromatic nitrogens is 1. The Labute approximate surface area is 217 Å². The number of rotatable bonds is 8. The molecule has 0 radical (unpaired) electrons. The SMILES string of the molecule is CCOC(=O)C1=C(C)N=c2s/c(=C\c3ccc(OC)cc3OC)c(=O)n2[C@@H]1c1ccc(OC)cc1OC.